The number of rotatable bonds is 5. The molecule has 0 amide bonds. The number of hydrogen-bond donors (Lipinski definition) is 0. The van der Waals surface area contributed by atoms with Crippen LogP contribution in [0, 0.1) is 0 Å². The van der Waals surface area contributed by atoms with Gasteiger partial charge in [-0.15, -0.1) is 12.4 Å². The number of halogens is 1. The van der Waals surface area contributed by atoms with Crippen molar-refractivity contribution < 1.29 is 0 Å². The molecule has 0 atom stereocenters. The van der Waals surface area contributed by atoms with E-state index in [0.717, 1.165) is 11.9 Å². The Morgan fingerprint density at radius 2 is 1.43 bits per heavy atom. The molecule has 1 heterocycles. The number of pyridine rings is 1. The number of para-hydroxylation sites is 1. The van der Waals surface area contributed by atoms with E-state index in [4.69, 9.17) is 0 Å². The Morgan fingerprint density at radius 1 is 0.714 bits per heavy atom. The molecule has 0 aliphatic rings. The normalized spacial score (nSPS) is 10.3. The van der Waals surface area contributed by atoms with Gasteiger partial charge in [0.15, 0.2) is 0 Å². The van der Waals surface area contributed by atoms with E-state index < -0.39 is 0 Å². The summed E-state index contributed by atoms with van der Waals surface area (Å²) in [6.45, 7) is 0. The van der Waals surface area contributed by atoms with Crippen molar-refractivity contribution in [2.24, 2.45) is 0 Å². The molecule has 3 rings (SSSR count). The van der Waals surface area contributed by atoms with Crippen LogP contribution in [0.25, 0.3) is 10.9 Å². The fraction of sp³-hybridized carbons (Fsp3) is 0.211. The minimum atomic E-state index is 0. The molecule has 2 heteroatoms. The Balaban J connectivity index is 0.00000161. The van der Waals surface area contributed by atoms with Crippen molar-refractivity contribution in [3.8, 4) is 0 Å². The molecule has 0 aliphatic carbocycles. The van der Waals surface area contributed by atoms with Crippen LogP contribution in [-0.2, 0) is 12.8 Å². The number of aryl methyl sites for hydroxylation is 2. The molecular formula is C19H20ClN. The van der Waals surface area contributed by atoms with Crippen molar-refractivity contribution in [2.45, 2.75) is 25.7 Å². The number of benzene rings is 2. The fourth-order valence-corrected chi connectivity index (χ4v) is 2.66. The van der Waals surface area contributed by atoms with Gasteiger partial charge in [-0.2, -0.15) is 0 Å². The van der Waals surface area contributed by atoms with Crippen molar-refractivity contribution in [1.82, 2.24) is 4.98 Å². The Labute approximate surface area is 132 Å². The molecule has 108 valence electrons. The van der Waals surface area contributed by atoms with Crippen LogP contribution in [0.4, 0.5) is 0 Å². The van der Waals surface area contributed by atoms with Crippen LogP contribution in [0.2, 0.25) is 0 Å². The van der Waals surface area contributed by atoms with Gasteiger partial charge in [0.2, 0.25) is 0 Å². The number of fused-ring (bicyclic) bond motifs is 1. The predicted molar refractivity (Wildman–Crippen MR) is 92.1 cm³/mol. The van der Waals surface area contributed by atoms with Crippen molar-refractivity contribution in [1.29, 1.82) is 0 Å². The van der Waals surface area contributed by atoms with Crippen molar-refractivity contribution in [3.05, 3.63) is 78.0 Å². The Morgan fingerprint density at radius 3 is 2.29 bits per heavy atom. The summed E-state index contributed by atoms with van der Waals surface area (Å²) >= 11 is 0. The second-order valence-corrected chi connectivity index (χ2v) is 5.18. The van der Waals surface area contributed by atoms with Crippen LogP contribution < -0.4 is 0 Å². The van der Waals surface area contributed by atoms with E-state index in [0.29, 0.717) is 0 Å². The second-order valence-electron chi connectivity index (χ2n) is 5.18. The highest BCUT2D eigenvalue weighted by Gasteiger charge is 2.01. The minimum absolute atomic E-state index is 0. The first-order valence-corrected chi connectivity index (χ1v) is 7.30. The van der Waals surface area contributed by atoms with Crippen molar-refractivity contribution in [3.63, 3.8) is 0 Å². The first-order chi connectivity index (χ1) is 9.93. The average Bonchev–Trinajstić information content (AvgIpc) is 2.53. The Kier molecular flexibility index (Phi) is 5.77. The summed E-state index contributed by atoms with van der Waals surface area (Å²) in [6.07, 6.45) is 6.69. The quantitative estimate of drug-likeness (QED) is 0.588. The van der Waals surface area contributed by atoms with Gasteiger partial charge in [0.05, 0.1) is 5.52 Å². The zero-order valence-electron chi connectivity index (χ0n) is 12.0. The molecule has 3 aromatic rings. The van der Waals surface area contributed by atoms with Crippen molar-refractivity contribution in [2.75, 3.05) is 0 Å². The average molecular weight is 298 g/mol. The highest BCUT2D eigenvalue weighted by molar-refractivity contribution is 5.85. The van der Waals surface area contributed by atoms with E-state index in [1.54, 1.807) is 0 Å². The second kappa shape index (κ2) is 7.80. The van der Waals surface area contributed by atoms with Crippen LogP contribution in [0.5, 0.6) is 0 Å². The maximum atomic E-state index is 4.42. The van der Waals surface area contributed by atoms with Gasteiger partial charge in [-0.1, -0.05) is 48.5 Å². The lowest BCUT2D eigenvalue weighted by atomic mass is 10.0. The summed E-state index contributed by atoms with van der Waals surface area (Å²) in [4.78, 5) is 4.42. The van der Waals surface area contributed by atoms with E-state index in [-0.39, 0.29) is 12.4 Å². The molecule has 0 saturated carbocycles. The summed E-state index contributed by atoms with van der Waals surface area (Å²) in [5.74, 6) is 0. The lowest BCUT2D eigenvalue weighted by Gasteiger charge is -2.06. The monoisotopic (exact) mass is 297 g/mol. The topological polar surface area (TPSA) is 12.9 Å². The molecule has 2 aromatic carbocycles. The number of nitrogens with zero attached hydrogens (tertiary/aromatic N) is 1. The molecule has 0 aliphatic heterocycles. The number of unbranched alkanes of at least 4 members (excludes halogenated alkanes) is 1. The van der Waals surface area contributed by atoms with Gasteiger partial charge >= 0.3 is 0 Å². The van der Waals surface area contributed by atoms with Crippen LogP contribution in [0.3, 0.4) is 0 Å². The van der Waals surface area contributed by atoms with Crippen LogP contribution in [-0.4, -0.2) is 4.98 Å². The van der Waals surface area contributed by atoms with Gasteiger partial charge in [-0.3, -0.25) is 4.98 Å². The van der Waals surface area contributed by atoms with Gasteiger partial charge in [-0.25, -0.2) is 0 Å². The zero-order valence-corrected chi connectivity index (χ0v) is 12.9. The first-order valence-electron chi connectivity index (χ1n) is 7.30. The fourth-order valence-electron chi connectivity index (χ4n) is 2.66. The third-order valence-electron chi connectivity index (χ3n) is 3.74. The Hall–Kier alpha value is -1.86. The SMILES string of the molecule is Cl.c1ccc(CCCCc2ccnc3ccccc23)cc1. The largest absolute Gasteiger partial charge is 0.256 e. The van der Waals surface area contributed by atoms with E-state index in [1.807, 2.05) is 6.20 Å². The summed E-state index contributed by atoms with van der Waals surface area (Å²) in [6, 6.07) is 21.3. The van der Waals surface area contributed by atoms with Gasteiger partial charge < -0.3 is 0 Å². The number of aromatic nitrogens is 1. The minimum Gasteiger partial charge on any atom is -0.256 e. The predicted octanol–water partition coefficient (Wildman–Crippen LogP) is 5.22. The summed E-state index contributed by atoms with van der Waals surface area (Å²) in [5.41, 5.74) is 3.96. The third kappa shape index (κ3) is 4.05. The molecule has 0 fully saturated rings. The lowest BCUT2D eigenvalue weighted by molar-refractivity contribution is 0.736. The summed E-state index contributed by atoms with van der Waals surface area (Å²) in [7, 11) is 0. The molecule has 0 N–H and O–H groups in total. The van der Waals surface area contributed by atoms with E-state index in [9.17, 15) is 0 Å². The van der Waals surface area contributed by atoms with E-state index >= 15 is 0 Å². The van der Waals surface area contributed by atoms with Crippen LogP contribution in [0.15, 0.2) is 66.9 Å². The highest BCUT2D eigenvalue weighted by atomic mass is 35.5. The molecule has 0 radical (unpaired) electrons. The van der Waals surface area contributed by atoms with Crippen LogP contribution in [0.1, 0.15) is 24.0 Å². The van der Waals surface area contributed by atoms with Gasteiger partial charge in [0, 0.05) is 11.6 Å². The zero-order chi connectivity index (χ0) is 13.6. The molecular weight excluding hydrogens is 278 g/mol. The third-order valence-corrected chi connectivity index (χ3v) is 3.74. The van der Waals surface area contributed by atoms with Gasteiger partial charge in [-0.05, 0) is 48.9 Å². The molecule has 0 spiro atoms. The molecule has 0 unspecified atom stereocenters. The molecule has 21 heavy (non-hydrogen) atoms. The maximum Gasteiger partial charge on any atom is 0.0704 e. The summed E-state index contributed by atoms with van der Waals surface area (Å²) in [5, 5.41) is 1.30. The van der Waals surface area contributed by atoms with Crippen LogP contribution >= 0.6 is 12.4 Å². The smallest absolute Gasteiger partial charge is 0.0704 e. The lowest BCUT2D eigenvalue weighted by Crippen LogP contribution is -1.91. The van der Waals surface area contributed by atoms with Gasteiger partial charge in [0.25, 0.3) is 0 Å². The highest BCUT2D eigenvalue weighted by Crippen LogP contribution is 2.18. The molecule has 0 saturated heterocycles. The van der Waals surface area contributed by atoms with Gasteiger partial charge in [0.1, 0.15) is 0 Å². The standard InChI is InChI=1S/C19H19N.ClH/c1-2-8-16(9-3-1)10-4-5-11-17-14-15-20-19-13-7-6-12-18(17)19;/h1-3,6-9,12-15H,4-5,10-11H2;1H. The molecule has 1 nitrogen and oxygen atoms in total. The maximum absolute atomic E-state index is 4.42. The Bertz CT molecular complexity index is 674. The first kappa shape index (κ1) is 15.5. The van der Waals surface area contributed by atoms with E-state index in [1.165, 1.54) is 35.8 Å². The summed E-state index contributed by atoms with van der Waals surface area (Å²) < 4.78 is 0. The number of hydrogen-bond acceptors (Lipinski definition) is 1. The molecule has 1 aromatic heterocycles. The van der Waals surface area contributed by atoms with E-state index in [2.05, 4.69) is 65.6 Å². The van der Waals surface area contributed by atoms with Crippen molar-refractivity contribution >= 4 is 23.3 Å². The molecule has 0 bridgehead atoms.